The minimum absolute atomic E-state index is 0.116. The SMILES string of the molecule is C=C(CC(O)[C@@]12OC[C@H]3OC(C)(C)O[C@H]3[C@@H]1OC(C)(C)O2)P(=O)(OCC)OCC. The first kappa shape index (κ1) is 23.3. The zero-order chi connectivity index (χ0) is 21.7. The predicted molar refractivity (Wildman–Crippen MR) is 103 cm³/mol. The molecule has 0 aromatic rings. The molecule has 3 aliphatic heterocycles. The predicted octanol–water partition coefficient (Wildman–Crippen LogP) is 2.92. The number of ether oxygens (including phenoxy) is 5. The van der Waals surface area contributed by atoms with Gasteiger partial charge in [-0.2, -0.15) is 0 Å². The van der Waals surface area contributed by atoms with Crippen LogP contribution in [0.3, 0.4) is 0 Å². The smallest absolute Gasteiger partial charge is 0.356 e. The maximum Gasteiger partial charge on any atom is 0.356 e. The number of hydrogen-bond donors (Lipinski definition) is 1. The number of fused-ring (bicyclic) bond motifs is 3. The molecule has 0 saturated carbocycles. The summed E-state index contributed by atoms with van der Waals surface area (Å²) in [5.74, 6) is -3.36. The van der Waals surface area contributed by atoms with Crippen molar-refractivity contribution in [2.45, 2.75) is 89.7 Å². The van der Waals surface area contributed by atoms with E-state index in [1.54, 1.807) is 27.7 Å². The molecule has 9 nitrogen and oxygen atoms in total. The summed E-state index contributed by atoms with van der Waals surface area (Å²) in [7, 11) is -3.59. The molecule has 29 heavy (non-hydrogen) atoms. The van der Waals surface area contributed by atoms with Crippen LogP contribution in [0.4, 0.5) is 0 Å². The second kappa shape index (κ2) is 7.97. The fourth-order valence-electron chi connectivity index (χ4n) is 4.11. The molecule has 168 valence electrons. The summed E-state index contributed by atoms with van der Waals surface area (Å²) in [6, 6.07) is 0. The third kappa shape index (κ3) is 4.35. The molecule has 0 amide bonds. The van der Waals surface area contributed by atoms with Crippen LogP contribution in [0, 0.1) is 0 Å². The number of rotatable bonds is 8. The van der Waals surface area contributed by atoms with E-state index in [1.807, 2.05) is 13.8 Å². The van der Waals surface area contributed by atoms with Gasteiger partial charge < -0.3 is 37.8 Å². The molecule has 3 fully saturated rings. The van der Waals surface area contributed by atoms with Crippen molar-refractivity contribution in [1.82, 2.24) is 0 Å². The molecule has 3 saturated heterocycles. The van der Waals surface area contributed by atoms with E-state index in [0.29, 0.717) is 0 Å². The highest BCUT2D eigenvalue weighted by atomic mass is 31.2. The van der Waals surface area contributed by atoms with Gasteiger partial charge in [0.2, 0.25) is 5.79 Å². The Kier molecular flexibility index (Phi) is 6.40. The Hall–Kier alpha value is -0.350. The van der Waals surface area contributed by atoms with E-state index < -0.39 is 43.3 Å². The first-order valence-corrected chi connectivity index (χ1v) is 11.6. The lowest BCUT2D eigenvalue weighted by Gasteiger charge is -2.43. The molecule has 3 rings (SSSR count). The van der Waals surface area contributed by atoms with E-state index in [2.05, 4.69) is 6.58 Å². The highest BCUT2D eigenvalue weighted by Gasteiger charge is 2.68. The molecule has 10 heteroatoms. The van der Waals surface area contributed by atoms with Gasteiger partial charge in [0.15, 0.2) is 11.6 Å². The van der Waals surface area contributed by atoms with Crippen LogP contribution >= 0.6 is 7.60 Å². The molecular weight excluding hydrogens is 403 g/mol. The Morgan fingerprint density at radius 1 is 1.14 bits per heavy atom. The van der Waals surface area contributed by atoms with Gasteiger partial charge in [0, 0.05) is 11.7 Å². The van der Waals surface area contributed by atoms with Crippen molar-refractivity contribution in [2.24, 2.45) is 0 Å². The van der Waals surface area contributed by atoms with Crippen LogP contribution in [-0.2, 0) is 37.3 Å². The molecule has 0 radical (unpaired) electrons. The molecule has 0 aromatic carbocycles. The molecule has 0 bridgehead atoms. The first-order chi connectivity index (χ1) is 13.4. The summed E-state index contributed by atoms with van der Waals surface area (Å²) in [6.45, 7) is 14.9. The van der Waals surface area contributed by atoms with Gasteiger partial charge in [-0.3, -0.25) is 4.57 Å². The Bertz CT molecular complexity index is 669. The van der Waals surface area contributed by atoms with Gasteiger partial charge in [0.25, 0.3) is 0 Å². The average molecular weight is 436 g/mol. The van der Waals surface area contributed by atoms with Gasteiger partial charge in [0.05, 0.1) is 19.8 Å². The standard InChI is InChI=1S/C19H33O9P/c1-8-23-29(21,24-9-2)12(3)10-14(20)19-16(27-18(6,7)28-19)15-13(11-22-19)25-17(4,5)26-15/h13-16,20H,3,8-11H2,1-2,4-7H3/t13-,14?,15-,16+,19+/m1/s1. The van der Waals surface area contributed by atoms with Gasteiger partial charge in [-0.05, 0) is 41.5 Å². The van der Waals surface area contributed by atoms with Crippen LogP contribution in [0.5, 0.6) is 0 Å². The van der Waals surface area contributed by atoms with E-state index in [4.69, 9.17) is 32.7 Å². The van der Waals surface area contributed by atoms with Gasteiger partial charge >= 0.3 is 7.60 Å². The highest BCUT2D eigenvalue weighted by Crippen LogP contribution is 2.58. The van der Waals surface area contributed by atoms with Crippen molar-refractivity contribution >= 4 is 7.60 Å². The van der Waals surface area contributed by atoms with Crippen LogP contribution in [0.2, 0.25) is 0 Å². The van der Waals surface area contributed by atoms with Gasteiger partial charge in [0.1, 0.15) is 24.4 Å². The van der Waals surface area contributed by atoms with Gasteiger partial charge in [-0.1, -0.05) is 6.58 Å². The summed E-state index contributed by atoms with van der Waals surface area (Å²) in [5, 5.41) is 11.3. The van der Waals surface area contributed by atoms with Crippen LogP contribution in [-0.4, -0.2) is 66.7 Å². The zero-order valence-electron chi connectivity index (χ0n) is 18.0. The second-order valence-corrected chi connectivity index (χ2v) is 10.5. The quantitative estimate of drug-likeness (QED) is 0.576. The van der Waals surface area contributed by atoms with Gasteiger partial charge in [-0.25, -0.2) is 0 Å². The lowest BCUT2D eigenvalue weighted by atomic mass is 9.91. The van der Waals surface area contributed by atoms with Crippen LogP contribution in [0.1, 0.15) is 48.0 Å². The number of aliphatic hydroxyl groups is 1. The normalized spacial score (nSPS) is 36.4. The minimum atomic E-state index is -3.59. The van der Waals surface area contributed by atoms with Crippen molar-refractivity contribution < 1.29 is 42.4 Å². The molecule has 1 unspecified atom stereocenters. The molecule has 1 N–H and O–H groups in total. The highest BCUT2D eigenvalue weighted by molar-refractivity contribution is 7.58. The summed E-state index contributed by atoms with van der Waals surface area (Å²) in [6.07, 6.45) is -2.96. The van der Waals surface area contributed by atoms with Crippen LogP contribution in [0.25, 0.3) is 0 Å². The third-order valence-electron chi connectivity index (χ3n) is 5.08. The fraction of sp³-hybridized carbons (Fsp3) is 0.895. The Morgan fingerprint density at radius 2 is 1.76 bits per heavy atom. The van der Waals surface area contributed by atoms with Crippen molar-refractivity contribution in [2.75, 3.05) is 19.8 Å². The summed E-state index contributed by atoms with van der Waals surface area (Å²) < 4.78 is 53.7. The summed E-state index contributed by atoms with van der Waals surface area (Å²) >= 11 is 0. The van der Waals surface area contributed by atoms with Crippen molar-refractivity contribution in [3.8, 4) is 0 Å². The second-order valence-electron chi connectivity index (χ2n) is 8.33. The van der Waals surface area contributed by atoms with Crippen LogP contribution in [0.15, 0.2) is 11.9 Å². The monoisotopic (exact) mass is 436 g/mol. The fourth-order valence-corrected chi connectivity index (χ4v) is 5.63. The van der Waals surface area contributed by atoms with Gasteiger partial charge in [-0.15, -0.1) is 0 Å². The van der Waals surface area contributed by atoms with E-state index >= 15 is 0 Å². The van der Waals surface area contributed by atoms with E-state index in [0.717, 1.165) is 0 Å². The first-order valence-electron chi connectivity index (χ1n) is 10.0. The zero-order valence-corrected chi connectivity index (χ0v) is 18.9. The topological polar surface area (TPSA) is 102 Å². The maximum atomic E-state index is 13.0. The minimum Gasteiger partial charge on any atom is -0.387 e. The van der Waals surface area contributed by atoms with E-state index in [9.17, 15) is 9.67 Å². The number of hydrogen-bond acceptors (Lipinski definition) is 9. The Morgan fingerprint density at radius 3 is 2.34 bits per heavy atom. The third-order valence-corrected chi connectivity index (χ3v) is 7.24. The maximum absolute atomic E-state index is 13.0. The lowest BCUT2D eigenvalue weighted by molar-refractivity contribution is -0.317. The lowest BCUT2D eigenvalue weighted by Crippen LogP contribution is -2.63. The molecular formula is C19H33O9P. The van der Waals surface area contributed by atoms with Crippen molar-refractivity contribution in [3.05, 3.63) is 11.9 Å². The summed E-state index contributed by atoms with van der Waals surface area (Å²) in [4.78, 5) is 0. The molecule has 0 spiro atoms. The Balaban J connectivity index is 1.85. The Labute approximate surface area is 172 Å². The average Bonchev–Trinajstić information content (AvgIpc) is 3.07. The molecule has 0 aromatic heterocycles. The van der Waals surface area contributed by atoms with Crippen LogP contribution < -0.4 is 0 Å². The molecule has 3 heterocycles. The van der Waals surface area contributed by atoms with Crippen molar-refractivity contribution in [3.63, 3.8) is 0 Å². The molecule has 5 atom stereocenters. The van der Waals surface area contributed by atoms with E-state index in [1.165, 1.54) is 0 Å². The summed E-state index contributed by atoms with van der Waals surface area (Å²) in [5.41, 5.74) is 0. The number of aliphatic hydroxyl groups excluding tert-OH is 1. The van der Waals surface area contributed by atoms with E-state index in [-0.39, 0.29) is 37.7 Å². The molecule has 0 aliphatic carbocycles. The largest absolute Gasteiger partial charge is 0.387 e. The molecule has 3 aliphatic rings. The van der Waals surface area contributed by atoms with Crippen molar-refractivity contribution in [1.29, 1.82) is 0 Å².